The van der Waals surface area contributed by atoms with Gasteiger partial charge in [0.2, 0.25) is 0 Å². The predicted octanol–water partition coefficient (Wildman–Crippen LogP) is 1.33. The van der Waals surface area contributed by atoms with Crippen molar-refractivity contribution in [2.24, 2.45) is 0 Å². The van der Waals surface area contributed by atoms with Gasteiger partial charge in [-0.05, 0) is 12.1 Å². The summed E-state index contributed by atoms with van der Waals surface area (Å²) in [6, 6.07) is 2.37. The second kappa shape index (κ2) is 5.98. The van der Waals surface area contributed by atoms with Crippen molar-refractivity contribution in [2.75, 3.05) is 19.7 Å². The van der Waals surface area contributed by atoms with Gasteiger partial charge in [0.25, 0.3) is 5.91 Å². The first-order valence-electron chi connectivity index (χ1n) is 5.76. The number of rotatable bonds is 2. The lowest BCUT2D eigenvalue weighted by molar-refractivity contribution is -0.141. The molecule has 1 aliphatic heterocycles. The second-order valence-electron chi connectivity index (χ2n) is 4.11. The average molecular weight is 307 g/mol. The number of aromatic nitrogens is 1. The Morgan fingerprint density at radius 2 is 2.30 bits per heavy atom. The number of thiol groups is 1. The zero-order valence-electron chi connectivity index (χ0n) is 10.2. The number of morpholine rings is 1. The first-order valence-corrected chi connectivity index (χ1v) is 6.27. The normalized spacial score (nSPS) is 20.7. The van der Waals surface area contributed by atoms with Gasteiger partial charge in [0, 0.05) is 12.7 Å². The molecule has 0 saturated carbocycles. The van der Waals surface area contributed by atoms with E-state index in [2.05, 4.69) is 23.0 Å². The topological polar surface area (TPSA) is 54.5 Å². The fraction of sp³-hybridized carbons (Fsp3) is 0.455. The Hall–Kier alpha value is -1.32. The van der Waals surface area contributed by atoms with Gasteiger partial charge in [-0.3, -0.25) is 15.2 Å². The molecular weight excluding hydrogens is 295 g/mol. The summed E-state index contributed by atoms with van der Waals surface area (Å²) < 4.78 is 43.4. The van der Waals surface area contributed by atoms with E-state index < -0.39 is 23.3 Å². The lowest BCUT2D eigenvalue weighted by Crippen LogP contribution is -2.50. The molecule has 20 heavy (non-hydrogen) atoms. The number of hydrogen-bond acceptors (Lipinski definition) is 5. The van der Waals surface area contributed by atoms with Gasteiger partial charge in [0.05, 0.1) is 18.7 Å². The lowest BCUT2D eigenvalue weighted by atomic mass is 10.2. The van der Waals surface area contributed by atoms with Gasteiger partial charge in [-0.2, -0.15) is 13.2 Å². The van der Waals surface area contributed by atoms with Gasteiger partial charge in [0.1, 0.15) is 5.44 Å². The third-order valence-corrected chi connectivity index (χ3v) is 2.94. The molecule has 2 heterocycles. The monoisotopic (exact) mass is 307 g/mol. The summed E-state index contributed by atoms with van der Waals surface area (Å²) in [7, 11) is 0. The molecular formula is C11H12F3N3O2S. The summed E-state index contributed by atoms with van der Waals surface area (Å²) in [4.78, 5) is 15.2. The summed E-state index contributed by atoms with van der Waals surface area (Å²) in [6.07, 6.45) is -3.68. The van der Waals surface area contributed by atoms with Crippen LogP contribution in [0.3, 0.4) is 0 Å². The number of amides is 1. The molecule has 1 unspecified atom stereocenters. The first kappa shape index (κ1) is 15.1. The number of halogens is 3. The van der Waals surface area contributed by atoms with Crippen molar-refractivity contribution in [3.63, 3.8) is 0 Å². The van der Waals surface area contributed by atoms with Crippen LogP contribution in [0.1, 0.15) is 16.1 Å². The van der Waals surface area contributed by atoms with E-state index in [0.717, 1.165) is 12.3 Å². The van der Waals surface area contributed by atoms with Crippen LogP contribution in [0.5, 0.6) is 0 Å². The van der Waals surface area contributed by atoms with Crippen LogP contribution in [0.25, 0.3) is 0 Å². The van der Waals surface area contributed by atoms with Crippen molar-refractivity contribution >= 4 is 18.5 Å². The van der Waals surface area contributed by atoms with E-state index >= 15 is 0 Å². The highest BCUT2D eigenvalue weighted by Gasteiger charge is 2.37. The van der Waals surface area contributed by atoms with Crippen LogP contribution in [-0.2, 0) is 10.9 Å². The third kappa shape index (κ3) is 3.62. The first-order chi connectivity index (χ1) is 9.38. The average Bonchev–Trinajstić information content (AvgIpc) is 2.37. The number of carbonyl (C=O) groups is 1. The molecule has 0 aromatic carbocycles. The fourth-order valence-corrected chi connectivity index (χ4v) is 2.05. The number of ether oxygens (including phenoxy) is 1. The van der Waals surface area contributed by atoms with Crippen LogP contribution >= 0.6 is 12.6 Å². The molecule has 1 fully saturated rings. The largest absolute Gasteiger partial charge is 0.434 e. The van der Waals surface area contributed by atoms with Crippen molar-refractivity contribution < 1.29 is 22.7 Å². The van der Waals surface area contributed by atoms with Gasteiger partial charge < -0.3 is 4.74 Å². The molecule has 1 amide bonds. The van der Waals surface area contributed by atoms with E-state index in [0.29, 0.717) is 13.2 Å². The Labute approximate surface area is 118 Å². The maximum absolute atomic E-state index is 12.8. The van der Waals surface area contributed by atoms with Crippen molar-refractivity contribution in [2.45, 2.75) is 11.6 Å². The molecule has 1 aromatic rings. The van der Waals surface area contributed by atoms with Gasteiger partial charge in [-0.15, -0.1) is 12.6 Å². The molecule has 2 rings (SSSR count). The Morgan fingerprint density at radius 1 is 1.55 bits per heavy atom. The molecule has 1 aliphatic rings. The van der Waals surface area contributed by atoms with E-state index in [1.165, 1.54) is 11.1 Å². The van der Waals surface area contributed by atoms with Crippen LogP contribution < -0.4 is 5.43 Å². The van der Waals surface area contributed by atoms with Crippen molar-refractivity contribution in [3.8, 4) is 0 Å². The molecule has 9 heteroatoms. The van der Waals surface area contributed by atoms with Gasteiger partial charge in [-0.1, -0.05) is 0 Å². The second-order valence-corrected chi connectivity index (χ2v) is 4.69. The zero-order chi connectivity index (χ0) is 14.8. The summed E-state index contributed by atoms with van der Waals surface area (Å²) >= 11 is 4.09. The van der Waals surface area contributed by atoms with Crippen molar-refractivity contribution in [1.29, 1.82) is 0 Å². The third-order valence-electron chi connectivity index (χ3n) is 2.63. The molecule has 5 nitrogen and oxygen atoms in total. The van der Waals surface area contributed by atoms with E-state index in [1.807, 2.05) is 0 Å². The Balaban J connectivity index is 2.13. The van der Waals surface area contributed by atoms with Crippen LogP contribution in [0, 0.1) is 0 Å². The number of alkyl halides is 3. The zero-order valence-corrected chi connectivity index (χ0v) is 11.1. The number of hydrazine groups is 1. The lowest BCUT2D eigenvalue weighted by Gasteiger charge is -2.30. The highest BCUT2D eigenvalue weighted by atomic mass is 32.1. The van der Waals surface area contributed by atoms with Gasteiger partial charge >= 0.3 is 6.18 Å². The van der Waals surface area contributed by atoms with Gasteiger partial charge in [0.15, 0.2) is 5.69 Å². The maximum atomic E-state index is 12.8. The van der Waals surface area contributed by atoms with Crippen molar-refractivity contribution in [3.05, 3.63) is 29.6 Å². The van der Waals surface area contributed by atoms with E-state index in [4.69, 9.17) is 4.74 Å². The van der Waals surface area contributed by atoms with Crippen LogP contribution in [-0.4, -0.2) is 41.0 Å². The number of nitrogens with zero attached hydrogens (tertiary/aromatic N) is 2. The molecule has 1 aromatic heterocycles. The Bertz CT molecular complexity index is 498. The number of pyridine rings is 1. The summed E-state index contributed by atoms with van der Waals surface area (Å²) in [5.41, 5.74) is 0.302. The molecule has 0 bridgehead atoms. The minimum atomic E-state index is -4.68. The van der Waals surface area contributed by atoms with Crippen LogP contribution in [0.2, 0.25) is 0 Å². The fourth-order valence-electron chi connectivity index (χ4n) is 1.75. The van der Waals surface area contributed by atoms with Crippen molar-refractivity contribution in [1.82, 2.24) is 15.4 Å². The number of hydrogen-bond donors (Lipinski definition) is 2. The summed E-state index contributed by atoms with van der Waals surface area (Å²) in [5.74, 6) is -0.854. The highest BCUT2D eigenvalue weighted by molar-refractivity contribution is 7.80. The number of carbonyl (C=O) groups excluding carboxylic acids is 1. The number of nitrogens with one attached hydrogen (secondary N) is 1. The molecule has 110 valence electrons. The predicted molar refractivity (Wildman–Crippen MR) is 67.0 cm³/mol. The van der Waals surface area contributed by atoms with Crippen LogP contribution in [0.15, 0.2) is 18.3 Å². The van der Waals surface area contributed by atoms with E-state index in [9.17, 15) is 18.0 Å². The molecule has 1 atom stereocenters. The molecule has 1 N–H and O–H groups in total. The van der Waals surface area contributed by atoms with E-state index in [1.54, 1.807) is 0 Å². The maximum Gasteiger partial charge on any atom is 0.434 e. The highest BCUT2D eigenvalue weighted by Crippen LogP contribution is 2.29. The standard InChI is InChI=1S/C11H12F3N3O2S/c12-11(13,14)9-7(2-1-3-15-9)10(18)16-17-4-5-19-8(20)6-17/h1-3,8,20H,4-6H2,(H,16,18). The minimum absolute atomic E-state index is 0.288. The Kier molecular flexibility index (Phi) is 4.51. The van der Waals surface area contributed by atoms with Crippen LogP contribution in [0.4, 0.5) is 13.2 Å². The summed E-state index contributed by atoms with van der Waals surface area (Å²) in [5, 5.41) is 1.47. The smallest absolute Gasteiger partial charge is 0.365 e. The quantitative estimate of drug-likeness (QED) is 0.810. The molecule has 0 aliphatic carbocycles. The van der Waals surface area contributed by atoms with E-state index in [-0.39, 0.29) is 12.0 Å². The minimum Gasteiger partial charge on any atom is -0.365 e. The molecule has 1 saturated heterocycles. The molecule has 0 radical (unpaired) electrons. The SMILES string of the molecule is O=C(NN1CCOC(S)C1)c1cccnc1C(F)(F)F. The van der Waals surface area contributed by atoms with Gasteiger partial charge in [-0.25, -0.2) is 5.01 Å². The molecule has 0 spiro atoms. The Morgan fingerprint density at radius 3 is 2.95 bits per heavy atom. The summed E-state index contributed by atoms with van der Waals surface area (Å²) in [6.45, 7) is 1.01.